The third-order valence-corrected chi connectivity index (χ3v) is 4.52. The highest BCUT2D eigenvalue weighted by Crippen LogP contribution is 2.23. The molecule has 0 fully saturated rings. The summed E-state index contributed by atoms with van der Waals surface area (Å²) in [6.45, 7) is 9.99. The lowest BCUT2D eigenvalue weighted by atomic mass is 9.86. The van der Waals surface area contributed by atoms with Crippen LogP contribution >= 0.6 is 15.9 Å². The number of hydrogen-bond acceptors (Lipinski definition) is 2. The highest BCUT2D eigenvalue weighted by atomic mass is 79.9. The Hall–Kier alpha value is 0.390. The lowest BCUT2D eigenvalue weighted by Crippen LogP contribution is -2.45. The van der Waals surface area contributed by atoms with Crippen molar-refractivity contribution < 1.29 is 8.42 Å². The average molecular weight is 314 g/mol. The molecule has 0 saturated carbocycles. The number of sulfonamides is 1. The van der Waals surface area contributed by atoms with Crippen LogP contribution in [-0.4, -0.2) is 25.5 Å². The molecule has 0 spiro atoms. The molecule has 98 valence electrons. The first-order valence-electron chi connectivity index (χ1n) is 5.64. The molecule has 0 aromatic rings. The van der Waals surface area contributed by atoms with Crippen molar-refractivity contribution in [2.75, 3.05) is 11.1 Å². The third-order valence-electron chi connectivity index (χ3n) is 2.32. The average Bonchev–Trinajstić information content (AvgIpc) is 1.98. The first-order chi connectivity index (χ1) is 7.08. The second-order valence-electron chi connectivity index (χ2n) is 5.69. The minimum Gasteiger partial charge on any atom is -0.212 e. The molecule has 0 aromatic carbocycles. The fourth-order valence-electron chi connectivity index (χ4n) is 1.48. The van der Waals surface area contributed by atoms with Gasteiger partial charge in [0.25, 0.3) is 0 Å². The van der Waals surface area contributed by atoms with E-state index in [1.165, 1.54) is 0 Å². The second-order valence-corrected chi connectivity index (χ2v) is 8.28. The predicted octanol–water partition coefficient (Wildman–Crippen LogP) is 2.76. The summed E-state index contributed by atoms with van der Waals surface area (Å²) in [5.41, 5.74) is -0.0577. The van der Waals surface area contributed by atoms with Gasteiger partial charge in [-0.25, -0.2) is 13.1 Å². The van der Waals surface area contributed by atoms with Crippen LogP contribution in [0.2, 0.25) is 0 Å². The van der Waals surface area contributed by atoms with E-state index < -0.39 is 10.0 Å². The molecular formula is C11H24BrNO2S. The van der Waals surface area contributed by atoms with Gasteiger partial charge in [0.2, 0.25) is 10.0 Å². The van der Waals surface area contributed by atoms with Crippen molar-refractivity contribution in [2.45, 2.75) is 47.1 Å². The van der Waals surface area contributed by atoms with Gasteiger partial charge in [0, 0.05) is 11.4 Å². The number of nitrogens with one attached hydrogen (secondary N) is 1. The van der Waals surface area contributed by atoms with Crippen molar-refractivity contribution in [2.24, 2.45) is 11.3 Å². The summed E-state index contributed by atoms with van der Waals surface area (Å²) in [5.74, 6) is 0.351. The van der Waals surface area contributed by atoms with E-state index in [9.17, 15) is 8.42 Å². The van der Waals surface area contributed by atoms with E-state index in [4.69, 9.17) is 0 Å². The molecule has 0 radical (unpaired) electrons. The summed E-state index contributed by atoms with van der Waals surface area (Å²) < 4.78 is 26.5. The zero-order valence-corrected chi connectivity index (χ0v) is 13.3. The zero-order chi connectivity index (χ0) is 13.0. The molecule has 0 aromatic heterocycles. The number of halogens is 1. The van der Waals surface area contributed by atoms with Crippen LogP contribution < -0.4 is 4.72 Å². The van der Waals surface area contributed by atoms with Crippen molar-refractivity contribution in [3.05, 3.63) is 0 Å². The van der Waals surface area contributed by atoms with Crippen LogP contribution in [0.1, 0.15) is 41.0 Å². The van der Waals surface area contributed by atoms with Crippen molar-refractivity contribution in [3.8, 4) is 0 Å². The van der Waals surface area contributed by atoms with Crippen LogP contribution in [0.3, 0.4) is 0 Å². The molecule has 0 heterocycles. The number of rotatable bonds is 6. The Morgan fingerprint density at radius 2 is 1.75 bits per heavy atom. The highest BCUT2D eigenvalue weighted by molar-refractivity contribution is 9.09. The fourth-order valence-corrected chi connectivity index (χ4v) is 3.82. The normalized spacial score (nSPS) is 15.4. The van der Waals surface area contributed by atoms with E-state index in [0.717, 1.165) is 11.8 Å². The quantitative estimate of drug-likeness (QED) is 0.766. The fraction of sp³-hybridized carbons (Fsp3) is 1.00. The van der Waals surface area contributed by atoms with E-state index >= 15 is 0 Å². The molecule has 0 aliphatic carbocycles. The summed E-state index contributed by atoms with van der Waals surface area (Å²) in [6, 6.07) is -0.0179. The SMILES string of the molecule is CC(C)CS(=O)(=O)NC(CCBr)C(C)(C)C. The molecule has 1 atom stereocenters. The predicted molar refractivity (Wildman–Crippen MR) is 73.4 cm³/mol. The summed E-state index contributed by atoms with van der Waals surface area (Å²) in [7, 11) is -3.16. The van der Waals surface area contributed by atoms with Crippen LogP contribution in [0.25, 0.3) is 0 Å². The van der Waals surface area contributed by atoms with Gasteiger partial charge in [-0.3, -0.25) is 0 Å². The second kappa shape index (κ2) is 6.36. The molecule has 0 rings (SSSR count). The first-order valence-corrected chi connectivity index (χ1v) is 8.42. The van der Waals surface area contributed by atoms with Crippen LogP contribution in [0, 0.1) is 11.3 Å². The van der Waals surface area contributed by atoms with Gasteiger partial charge >= 0.3 is 0 Å². The maximum Gasteiger partial charge on any atom is 0.212 e. The van der Waals surface area contributed by atoms with Gasteiger partial charge in [-0.1, -0.05) is 50.5 Å². The number of alkyl halides is 1. The van der Waals surface area contributed by atoms with Crippen LogP contribution in [-0.2, 0) is 10.0 Å². The topological polar surface area (TPSA) is 46.2 Å². The first kappa shape index (κ1) is 16.4. The molecule has 1 unspecified atom stereocenters. The van der Waals surface area contributed by atoms with Crippen LogP contribution in [0.5, 0.6) is 0 Å². The van der Waals surface area contributed by atoms with Crippen molar-refractivity contribution in [3.63, 3.8) is 0 Å². The largest absolute Gasteiger partial charge is 0.212 e. The minimum atomic E-state index is -3.16. The van der Waals surface area contributed by atoms with E-state index in [2.05, 4.69) is 41.4 Å². The standard InChI is InChI=1S/C11H24BrNO2S/c1-9(2)8-16(14,15)13-10(6-7-12)11(3,4)5/h9-10,13H,6-8H2,1-5H3. The minimum absolute atomic E-state index is 0.0179. The van der Waals surface area contributed by atoms with Gasteiger partial charge in [0.15, 0.2) is 0 Å². The molecule has 3 nitrogen and oxygen atoms in total. The maximum atomic E-state index is 11.8. The van der Waals surface area contributed by atoms with Crippen molar-refractivity contribution in [1.29, 1.82) is 0 Å². The lowest BCUT2D eigenvalue weighted by molar-refractivity contribution is 0.293. The number of hydrogen-bond donors (Lipinski definition) is 1. The van der Waals surface area contributed by atoms with E-state index in [0.29, 0.717) is 0 Å². The summed E-state index contributed by atoms with van der Waals surface area (Å²) in [4.78, 5) is 0. The van der Waals surface area contributed by atoms with Crippen LogP contribution in [0.15, 0.2) is 0 Å². The van der Waals surface area contributed by atoms with Gasteiger partial charge in [-0.15, -0.1) is 0 Å². The summed E-state index contributed by atoms with van der Waals surface area (Å²) in [6.07, 6.45) is 0.806. The van der Waals surface area contributed by atoms with Gasteiger partial charge in [-0.2, -0.15) is 0 Å². The summed E-state index contributed by atoms with van der Waals surface area (Å²) >= 11 is 3.37. The molecule has 16 heavy (non-hydrogen) atoms. The van der Waals surface area contributed by atoms with E-state index in [1.807, 2.05) is 13.8 Å². The Balaban J connectivity index is 4.63. The Morgan fingerprint density at radius 1 is 1.25 bits per heavy atom. The van der Waals surface area contributed by atoms with Gasteiger partial charge < -0.3 is 0 Å². The molecule has 0 amide bonds. The third kappa shape index (κ3) is 6.86. The Bertz CT molecular complexity index is 294. The molecule has 0 aliphatic rings. The van der Waals surface area contributed by atoms with Crippen molar-refractivity contribution in [1.82, 2.24) is 4.72 Å². The molecule has 0 saturated heterocycles. The molecule has 5 heteroatoms. The van der Waals surface area contributed by atoms with Crippen LogP contribution in [0.4, 0.5) is 0 Å². The molecule has 0 aliphatic heterocycles. The molecule has 0 bridgehead atoms. The maximum absolute atomic E-state index is 11.8. The Morgan fingerprint density at radius 3 is 2.06 bits per heavy atom. The zero-order valence-electron chi connectivity index (χ0n) is 10.9. The summed E-state index contributed by atoms with van der Waals surface area (Å²) in [5, 5.41) is 0.805. The molecular weight excluding hydrogens is 290 g/mol. The monoisotopic (exact) mass is 313 g/mol. The van der Waals surface area contributed by atoms with E-state index in [-0.39, 0.29) is 23.1 Å². The highest BCUT2D eigenvalue weighted by Gasteiger charge is 2.28. The van der Waals surface area contributed by atoms with Gasteiger partial charge in [0.05, 0.1) is 5.75 Å². The van der Waals surface area contributed by atoms with Crippen molar-refractivity contribution >= 4 is 26.0 Å². The van der Waals surface area contributed by atoms with Gasteiger partial charge in [0.1, 0.15) is 0 Å². The Kier molecular flexibility index (Phi) is 6.51. The molecule has 1 N–H and O–H groups in total. The van der Waals surface area contributed by atoms with Gasteiger partial charge in [-0.05, 0) is 17.8 Å². The lowest BCUT2D eigenvalue weighted by Gasteiger charge is -2.31. The van der Waals surface area contributed by atoms with E-state index in [1.54, 1.807) is 0 Å². The Labute approximate surface area is 109 Å². The smallest absolute Gasteiger partial charge is 0.212 e.